The fourth-order valence-corrected chi connectivity index (χ4v) is 2.36. The van der Waals surface area contributed by atoms with Gasteiger partial charge in [0.1, 0.15) is 6.26 Å². The maximum absolute atomic E-state index is 5.48. The van der Waals surface area contributed by atoms with Crippen molar-refractivity contribution in [1.29, 1.82) is 0 Å². The van der Waals surface area contributed by atoms with E-state index in [0.29, 0.717) is 5.11 Å². The third-order valence-electron chi connectivity index (χ3n) is 3.02. The Morgan fingerprint density at radius 3 is 2.85 bits per heavy atom. The Balaban J connectivity index is 1.84. The molecule has 0 radical (unpaired) electrons. The minimum absolute atomic E-state index is 0.614. The molecule has 1 heterocycles. The van der Waals surface area contributed by atoms with Crippen molar-refractivity contribution in [3.8, 4) is 5.75 Å². The number of nitrogens with zero attached hydrogens (tertiary/aromatic N) is 1. The third-order valence-corrected chi connectivity index (χ3v) is 3.32. The molecule has 3 nitrogen and oxygen atoms in total. The van der Waals surface area contributed by atoms with Crippen LogP contribution in [0.3, 0.4) is 0 Å². The van der Waals surface area contributed by atoms with Gasteiger partial charge in [-0.05, 0) is 49.0 Å². The number of ether oxygens (including phenoxy) is 1. The fourth-order valence-electron chi connectivity index (χ4n) is 2.08. The van der Waals surface area contributed by atoms with Crippen LogP contribution in [0.1, 0.15) is 5.56 Å². The number of rotatable bonds is 1. The Labute approximate surface area is 123 Å². The lowest BCUT2D eigenvalue weighted by Crippen LogP contribution is -2.31. The maximum Gasteiger partial charge on any atom is 0.182 e. The van der Waals surface area contributed by atoms with Crippen LogP contribution in [0.15, 0.2) is 61.0 Å². The van der Waals surface area contributed by atoms with E-state index < -0.39 is 0 Å². The molecular formula is C16H14N2OS. The maximum atomic E-state index is 5.48. The highest BCUT2D eigenvalue weighted by Crippen LogP contribution is 2.31. The monoisotopic (exact) mass is 282 g/mol. The topological polar surface area (TPSA) is 24.5 Å². The zero-order chi connectivity index (χ0) is 13.9. The van der Waals surface area contributed by atoms with Crippen LogP contribution in [-0.4, -0.2) is 5.11 Å². The van der Waals surface area contributed by atoms with Crippen molar-refractivity contribution in [1.82, 2.24) is 0 Å². The van der Waals surface area contributed by atoms with E-state index in [-0.39, 0.29) is 0 Å². The van der Waals surface area contributed by atoms with Crippen molar-refractivity contribution < 1.29 is 4.74 Å². The van der Waals surface area contributed by atoms with E-state index in [9.17, 15) is 0 Å². The highest BCUT2D eigenvalue weighted by Gasteiger charge is 2.17. The van der Waals surface area contributed by atoms with Gasteiger partial charge in [-0.3, -0.25) is 4.90 Å². The molecule has 1 aliphatic heterocycles. The van der Waals surface area contributed by atoms with Gasteiger partial charge in [0.25, 0.3) is 0 Å². The van der Waals surface area contributed by atoms with Crippen molar-refractivity contribution in [3.63, 3.8) is 0 Å². The summed E-state index contributed by atoms with van der Waals surface area (Å²) in [6.07, 6.45) is 3.44. The molecule has 0 saturated carbocycles. The minimum Gasteiger partial charge on any atom is -0.461 e. The van der Waals surface area contributed by atoms with E-state index >= 15 is 0 Å². The predicted octanol–water partition coefficient (Wildman–Crippen LogP) is 4.06. The van der Waals surface area contributed by atoms with Gasteiger partial charge in [0.15, 0.2) is 10.9 Å². The molecule has 0 unspecified atom stereocenters. The zero-order valence-electron chi connectivity index (χ0n) is 11.0. The zero-order valence-corrected chi connectivity index (χ0v) is 11.9. The second-order valence-electron chi connectivity index (χ2n) is 4.54. The Kier molecular flexibility index (Phi) is 3.39. The molecule has 2 aromatic carbocycles. The largest absolute Gasteiger partial charge is 0.461 e. The summed E-state index contributed by atoms with van der Waals surface area (Å²) in [5.74, 6) is 0.795. The van der Waals surface area contributed by atoms with Gasteiger partial charge >= 0.3 is 0 Å². The summed E-state index contributed by atoms with van der Waals surface area (Å²) < 4.78 is 5.46. The summed E-state index contributed by atoms with van der Waals surface area (Å²) >= 11 is 5.48. The normalized spacial score (nSPS) is 12.6. The summed E-state index contributed by atoms with van der Waals surface area (Å²) in [7, 11) is 0. The van der Waals surface area contributed by atoms with Crippen LogP contribution < -0.4 is 15.0 Å². The van der Waals surface area contributed by atoms with Gasteiger partial charge < -0.3 is 10.1 Å². The highest BCUT2D eigenvalue weighted by atomic mass is 32.1. The summed E-state index contributed by atoms with van der Waals surface area (Å²) in [6.45, 7) is 2.05. The number of para-hydroxylation sites is 2. The first-order valence-corrected chi connectivity index (χ1v) is 6.74. The number of anilines is 2. The molecule has 100 valence electrons. The molecule has 1 aliphatic rings. The standard InChI is InChI=1S/C16H14N2OS/c1-12-5-4-6-13(11-12)17-16(20)18-9-10-19-15-8-3-2-7-14(15)18/h2-11H,1H3,(H,17,20). The smallest absolute Gasteiger partial charge is 0.182 e. The van der Waals surface area contributed by atoms with Gasteiger partial charge in [-0.15, -0.1) is 0 Å². The molecule has 0 amide bonds. The molecule has 3 rings (SSSR count). The SMILES string of the molecule is Cc1cccc(NC(=S)N2C=COc3ccccc32)c1. The molecule has 0 aliphatic carbocycles. The molecule has 0 spiro atoms. The number of thiocarbonyl (C=S) groups is 1. The van der Waals surface area contributed by atoms with Gasteiger partial charge in [0.2, 0.25) is 0 Å². The van der Waals surface area contributed by atoms with E-state index in [1.807, 2.05) is 47.5 Å². The van der Waals surface area contributed by atoms with Crippen LogP contribution in [0, 0.1) is 6.92 Å². The Bertz CT molecular complexity index is 682. The van der Waals surface area contributed by atoms with E-state index in [0.717, 1.165) is 17.1 Å². The Hall–Kier alpha value is -2.33. The Morgan fingerprint density at radius 2 is 2.00 bits per heavy atom. The number of fused-ring (bicyclic) bond motifs is 1. The second-order valence-corrected chi connectivity index (χ2v) is 4.93. The molecule has 4 heteroatoms. The summed E-state index contributed by atoms with van der Waals surface area (Å²) in [4.78, 5) is 1.90. The van der Waals surface area contributed by atoms with Gasteiger partial charge in [-0.2, -0.15) is 0 Å². The number of hydrogen-bond donors (Lipinski definition) is 1. The van der Waals surface area contributed by atoms with E-state index in [1.54, 1.807) is 6.26 Å². The molecule has 2 aromatic rings. The fraction of sp³-hybridized carbons (Fsp3) is 0.0625. The lowest BCUT2D eigenvalue weighted by Gasteiger charge is -2.26. The van der Waals surface area contributed by atoms with Crippen LogP contribution in [-0.2, 0) is 0 Å². The predicted molar refractivity (Wildman–Crippen MR) is 86.1 cm³/mol. The van der Waals surface area contributed by atoms with Crippen molar-refractivity contribution in [2.24, 2.45) is 0 Å². The molecule has 20 heavy (non-hydrogen) atoms. The lowest BCUT2D eigenvalue weighted by atomic mass is 10.2. The first kappa shape index (κ1) is 12.7. The van der Waals surface area contributed by atoms with Gasteiger partial charge in [-0.1, -0.05) is 24.3 Å². The van der Waals surface area contributed by atoms with Crippen LogP contribution in [0.2, 0.25) is 0 Å². The molecule has 0 atom stereocenters. The summed E-state index contributed by atoms with van der Waals surface area (Å²) in [5, 5.41) is 3.86. The summed E-state index contributed by atoms with van der Waals surface area (Å²) in [5.41, 5.74) is 3.10. The first-order valence-electron chi connectivity index (χ1n) is 6.33. The number of nitrogens with one attached hydrogen (secondary N) is 1. The third kappa shape index (κ3) is 2.51. The van der Waals surface area contributed by atoms with Crippen molar-refractivity contribution >= 4 is 28.7 Å². The molecule has 0 saturated heterocycles. The van der Waals surface area contributed by atoms with Crippen LogP contribution >= 0.6 is 12.2 Å². The summed E-state index contributed by atoms with van der Waals surface area (Å²) in [6, 6.07) is 15.9. The van der Waals surface area contributed by atoms with Crippen LogP contribution in [0.4, 0.5) is 11.4 Å². The van der Waals surface area contributed by atoms with Gasteiger partial charge in [-0.25, -0.2) is 0 Å². The Morgan fingerprint density at radius 1 is 1.15 bits per heavy atom. The molecule has 0 fully saturated rings. The van der Waals surface area contributed by atoms with Crippen molar-refractivity contribution in [3.05, 3.63) is 66.6 Å². The average Bonchev–Trinajstić information content (AvgIpc) is 2.46. The molecular weight excluding hydrogens is 268 g/mol. The number of benzene rings is 2. The number of aryl methyl sites for hydroxylation is 1. The minimum atomic E-state index is 0.614. The lowest BCUT2D eigenvalue weighted by molar-refractivity contribution is 0.474. The van der Waals surface area contributed by atoms with Crippen LogP contribution in [0.5, 0.6) is 5.75 Å². The van der Waals surface area contributed by atoms with Gasteiger partial charge in [0, 0.05) is 11.9 Å². The second kappa shape index (κ2) is 5.35. The van der Waals surface area contributed by atoms with Crippen LogP contribution in [0.25, 0.3) is 0 Å². The molecule has 0 bridgehead atoms. The van der Waals surface area contributed by atoms with Crippen molar-refractivity contribution in [2.75, 3.05) is 10.2 Å². The highest BCUT2D eigenvalue weighted by molar-refractivity contribution is 7.80. The van der Waals surface area contributed by atoms with Gasteiger partial charge in [0.05, 0.1) is 5.69 Å². The number of hydrogen-bond acceptors (Lipinski definition) is 2. The quantitative estimate of drug-likeness (QED) is 0.797. The molecule has 1 N–H and O–H groups in total. The van der Waals surface area contributed by atoms with Crippen molar-refractivity contribution in [2.45, 2.75) is 6.92 Å². The van der Waals surface area contributed by atoms with E-state index in [1.165, 1.54) is 5.56 Å². The first-order chi connectivity index (χ1) is 9.74. The average molecular weight is 282 g/mol. The molecule has 0 aromatic heterocycles. The van der Waals surface area contributed by atoms with E-state index in [4.69, 9.17) is 17.0 Å². The van der Waals surface area contributed by atoms with E-state index in [2.05, 4.69) is 24.4 Å².